The van der Waals surface area contributed by atoms with Crippen molar-refractivity contribution in [1.82, 2.24) is 0 Å². The number of fused-ring (bicyclic) bond motifs is 3. The lowest BCUT2D eigenvalue weighted by atomic mass is 9.49. The van der Waals surface area contributed by atoms with Gasteiger partial charge in [0, 0.05) is 11.4 Å². The molecule has 0 aliphatic heterocycles. The Morgan fingerprint density at radius 3 is 2.50 bits per heavy atom. The van der Waals surface area contributed by atoms with Gasteiger partial charge in [0.05, 0.1) is 12.5 Å². The number of hydrogen-bond donors (Lipinski definition) is 1. The molecular weight excluding hydrogens is 370 g/mol. The van der Waals surface area contributed by atoms with Crippen molar-refractivity contribution in [2.75, 3.05) is 12.4 Å². The Labute approximate surface area is 181 Å². The summed E-state index contributed by atoms with van der Waals surface area (Å²) in [5, 5.41) is 3.76. The highest BCUT2D eigenvalue weighted by Crippen LogP contribution is 2.58. The molecule has 3 atom stereocenters. The summed E-state index contributed by atoms with van der Waals surface area (Å²) in [5.74, 6) is 0.718. The molecule has 0 aromatic heterocycles. The van der Waals surface area contributed by atoms with E-state index in [2.05, 4.69) is 75.5 Å². The molecule has 2 aromatic rings. The Morgan fingerprint density at radius 1 is 1.10 bits per heavy atom. The molecule has 0 bridgehead atoms. The third-order valence-corrected chi connectivity index (χ3v) is 7.89. The molecule has 1 saturated carbocycles. The molecule has 4 rings (SSSR count). The summed E-state index contributed by atoms with van der Waals surface area (Å²) < 4.78 is 5.28. The zero-order valence-corrected chi connectivity index (χ0v) is 19.0. The third-order valence-electron chi connectivity index (χ3n) is 7.89. The Balaban J connectivity index is 1.83. The second-order valence-corrected chi connectivity index (χ2v) is 9.97. The number of benzene rings is 2. The van der Waals surface area contributed by atoms with Crippen LogP contribution in [-0.2, 0) is 21.4 Å². The Kier molecular flexibility index (Phi) is 5.42. The van der Waals surface area contributed by atoms with E-state index < -0.39 is 5.41 Å². The highest BCUT2D eigenvalue weighted by molar-refractivity contribution is 5.78. The number of para-hydroxylation sites is 1. The van der Waals surface area contributed by atoms with Gasteiger partial charge >= 0.3 is 5.97 Å². The van der Waals surface area contributed by atoms with E-state index in [1.807, 2.05) is 0 Å². The van der Waals surface area contributed by atoms with E-state index >= 15 is 0 Å². The van der Waals surface area contributed by atoms with Gasteiger partial charge in [-0.25, -0.2) is 0 Å². The van der Waals surface area contributed by atoms with Crippen LogP contribution in [0.15, 0.2) is 42.5 Å². The number of carbonyl (C=O) groups excluding carboxylic acids is 1. The van der Waals surface area contributed by atoms with Gasteiger partial charge in [0.2, 0.25) is 0 Å². The Hall–Kier alpha value is -2.29. The second-order valence-electron chi connectivity index (χ2n) is 9.97. The maximum atomic E-state index is 12.8. The highest BCUT2D eigenvalue weighted by Gasteiger charge is 2.55. The van der Waals surface area contributed by atoms with Gasteiger partial charge in [-0.05, 0) is 78.7 Å². The maximum absolute atomic E-state index is 12.8. The number of esters is 1. The lowest BCUT2D eigenvalue weighted by molar-refractivity contribution is -0.161. The summed E-state index contributed by atoms with van der Waals surface area (Å²) >= 11 is 0. The van der Waals surface area contributed by atoms with Crippen molar-refractivity contribution in [1.29, 1.82) is 0 Å². The molecule has 2 aliphatic carbocycles. The molecule has 1 N–H and O–H groups in total. The largest absolute Gasteiger partial charge is 0.469 e. The average molecular weight is 406 g/mol. The van der Waals surface area contributed by atoms with E-state index in [1.54, 1.807) is 0 Å². The van der Waals surface area contributed by atoms with Gasteiger partial charge in [-0.3, -0.25) is 4.79 Å². The van der Waals surface area contributed by atoms with Gasteiger partial charge in [-0.1, -0.05) is 57.5 Å². The summed E-state index contributed by atoms with van der Waals surface area (Å²) in [7, 11) is 1.53. The van der Waals surface area contributed by atoms with Crippen molar-refractivity contribution < 1.29 is 9.53 Å². The minimum absolute atomic E-state index is 0.00258. The normalized spacial score (nSPS) is 27.9. The van der Waals surface area contributed by atoms with E-state index in [4.69, 9.17) is 4.74 Å². The van der Waals surface area contributed by atoms with Gasteiger partial charge in [-0.15, -0.1) is 0 Å². The predicted molar refractivity (Wildman–Crippen MR) is 123 cm³/mol. The molecule has 2 aromatic carbocycles. The third kappa shape index (κ3) is 3.23. The zero-order chi connectivity index (χ0) is 21.5. The summed E-state index contributed by atoms with van der Waals surface area (Å²) in [6.45, 7) is 9.05. The zero-order valence-electron chi connectivity index (χ0n) is 19.0. The fourth-order valence-corrected chi connectivity index (χ4v) is 6.36. The van der Waals surface area contributed by atoms with E-state index in [0.717, 1.165) is 37.8 Å². The first-order valence-corrected chi connectivity index (χ1v) is 11.4. The van der Waals surface area contributed by atoms with Crippen LogP contribution in [0.2, 0.25) is 0 Å². The molecular formula is C27H35NO2. The van der Waals surface area contributed by atoms with Crippen LogP contribution in [0.4, 0.5) is 11.4 Å². The van der Waals surface area contributed by atoms with E-state index in [0.29, 0.717) is 11.8 Å². The number of rotatable bonds is 4. The smallest absolute Gasteiger partial charge is 0.311 e. The van der Waals surface area contributed by atoms with Gasteiger partial charge in [0.15, 0.2) is 0 Å². The second kappa shape index (κ2) is 7.76. The Morgan fingerprint density at radius 2 is 1.83 bits per heavy atom. The highest BCUT2D eigenvalue weighted by atomic mass is 16.5. The van der Waals surface area contributed by atoms with Crippen LogP contribution in [0.1, 0.15) is 76.0 Å². The lowest BCUT2D eigenvalue weighted by Crippen LogP contribution is -2.52. The standard InChI is InChI=1S/C27H35NO2/c1-18(2)20-12-14-22-21(24(20)28-19-10-7-6-8-11-19)13-15-23-26(22,3)16-9-17-27(23,4)25(29)30-5/h6-8,10-12,14,18,23,28H,9,13,15-17H2,1-5H3/t23-,26-,27-/m1/s1. The first-order valence-electron chi connectivity index (χ1n) is 11.4. The van der Waals surface area contributed by atoms with E-state index in [9.17, 15) is 4.79 Å². The van der Waals surface area contributed by atoms with Crippen LogP contribution in [0.5, 0.6) is 0 Å². The van der Waals surface area contributed by atoms with Crippen molar-refractivity contribution in [2.45, 2.75) is 71.1 Å². The molecule has 0 heterocycles. The van der Waals surface area contributed by atoms with E-state index in [1.165, 1.54) is 29.5 Å². The molecule has 160 valence electrons. The van der Waals surface area contributed by atoms with Crippen molar-refractivity contribution in [2.24, 2.45) is 11.3 Å². The molecule has 3 nitrogen and oxygen atoms in total. The first kappa shape index (κ1) is 21.0. The summed E-state index contributed by atoms with van der Waals surface area (Å²) in [6.07, 6.45) is 5.14. The van der Waals surface area contributed by atoms with Crippen molar-refractivity contribution in [3.8, 4) is 0 Å². The van der Waals surface area contributed by atoms with Gasteiger partial charge in [0.1, 0.15) is 0 Å². The van der Waals surface area contributed by atoms with Crippen LogP contribution in [0.25, 0.3) is 0 Å². The summed E-state index contributed by atoms with van der Waals surface area (Å²) in [5.41, 5.74) is 6.24. The number of ether oxygens (including phenoxy) is 1. The minimum Gasteiger partial charge on any atom is -0.469 e. The first-order chi connectivity index (χ1) is 14.3. The Bertz CT molecular complexity index is 935. The molecule has 0 saturated heterocycles. The van der Waals surface area contributed by atoms with Crippen molar-refractivity contribution in [3.05, 3.63) is 59.2 Å². The molecule has 0 radical (unpaired) electrons. The molecule has 3 heteroatoms. The summed E-state index contributed by atoms with van der Waals surface area (Å²) in [4.78, 5) is 12.8. The van der Waals surface area contributed by atoms with Gasteiger partial charge in [0.25, 0.3) is 0 Å². The SMILES string of the molecule is COC(=O)[C@]1(C)CCC[C@]2(C)c3ccc(C(C)C)c(Nc4ccccc4)c3CC[C@@H]12. The van der Waals surface area contributed by atoms with Crippen LogP contribution in [-0.4, -0.2) is 13.1 Å². The molecule has 30 heavy (non-hydrogen) atoms. The van der Waals surface area contributed by atoms with Gasteiger partial charge in [-0.2, -0.15) is 0 Å². The lowest BCUT2D eigenvalue weighted by Gasteiger charge is -2.54. The molecule has 2 aliphatic rings. The minimum atomic E-state index is -0.400. The average Bonchev–Trinajstić information content (AvgIpc) is 2.73. The van der Waals surface area contributed by atoms with Crippen LogP contribution in [0.3, 0.4) is 0 Å². The van der Waals surface area contributed by atoms with Crippen molar-refractivity contribution in [3.63, 3.8) is 0 Å². The van der Waals surface area contributed by atoms with Crippen LogP contribution in [0, 0.1) is 11.3 Å². The van der Waals surface area contributed by atoms with Crippen molar-refractivity contribution >= 4 is 17.3 Å². The predicted octanol–water partition coefficient (Wildman–Crippen LogP) is 6.74. The molecule has 0 spiro atoms. The molecule has 0 unspecified atom stereocenters. The quantitative estimate of drug-likeness (QED) is 0.573. The maximum Gasteiger partial charge on any atom is 0.311 e. The van der Waals surface area contributed by atoms with Crippen LogP contribution < -0.4 is 5.32 Å². The topological polar surface area (TPSA) is 38.3 Å². The fourth-order valence-electron chi connectivity index (χ4n) is 6.36. The van der Waals surface area contributed by atoms with E-state index in [-0.39, 0.29) is 11.4 Å². The van der Waals surface area contributed by atoms with Crippen LogP contribution >= 0.6 is 0 Å². The number of anilines is 2. The number of nitrogens with one attached hydrogen (secondary N) is 1. The monoisotopic (exact) mass is 405 g/mol. The summed E-state index contributed by atoms with van der Waals surface area (Å²) in [6, 6.07) is 15.1. The molecule has 0 amide bonds. The fraction of sp³-hybridized carbons (Fsp3) is 0.519. The number of methoxy groups -OCH3 is 1. The molecule has 1 fully saturated rings. The number of hydrogen-bond acceptors (Lipinski definition) is 3. The van der Waals surface area contributed by atoms with Gasteiger partial charge < -0.3 is 10.1 Å². The number of carbonyl (C=O) groups is 1.